The fourth-order valence-electron chi connectivity index (χ4n) is 1.64. The lowest BCUT2D eigenvalue weighted by molar-refractivity contribution is 0.819. The molecule has 0 spiro atoms. The molecule has 5 nitrogen and oxygen atoms in total. The van der Waals surface area contributed by atoms with Crippen molar-refractivity contribution in [1.82, 2.24) is 20.0 Å². The van der Waals surface area contributed by atoms with E-state index in [0.29, 0.717) is 5.69 Å². The maximum atomic E-state index is 8.68. The average Bonchev–Trinajstić information content (AvgIpc) is 2.83. The zero-order valence-electron chi connectivity index (χ0n) is 8.78. The third-order valence-corrected chi connectivity index (χ3v) is 2.46. The summed E-state index contributed by atoms with van der Waals surface area (Å²) in [5.41, 5.74) is 2.92. The summed E-state index contributed by atoms with van der Waals surface area (Å²) in [6, 6.07) is 13.1. The lowest BCUT2D eigenvalue weighted by atomic mass is 10.3. The number of aromatic nitrogens is 4. The first-order chi connectivity index (χ1) is 8.38. The van der Waals surface area contributed by atoms with Crippen LogP contribution in [0.2, 0.25) is 0 Å². The number of nitriles is 1. The smallest absolute Gasteiger partial charge is 0.140 e. The number of fused-ring (bicyclic) bond motifs is 1. The number of nitrogens with zero attached hydrogens (tertiary/aromatic N) is 5. The monoisotopic (exact) mass is 221 g/mol. The highest BCUT2D eigenvalue weighted by Gasteiger charge is 2.05. The van der Waals surface area contributed by atoms with E-state index in [4.69, 9.17) is 5.26 Å². The number of para-hydroxylation sites is 1. The molecule has 2 heterocycles. The summed E-state index contributed by atoms with van der Waals surface area (Å²) in [5, 5.41) is 16.8. The van der Waals surface area contributed by atoms with Gasteiger partial charge < -0.3 is 0 Å². The van der Waals surface area contributed by atoms with Crippen molar-refractivity contribution in [2.24, 2.45) is 0 Å². The molecule has 3 aromatic rings. The van der Waals surface area contributed by atoms with Crippen molar-refractivity contribution in [2.75, 3.05) is 0 Å². The van der Waals surface area contributed by atoms with Crippen LogP contribution in [-0.2, 0) is 0 Å². The number of rotatable bonds is 1. The molecule has 1 aromatic carbocycles. The molecule has 0 saturated heterocycles. The van der Waals surface area contributed by atoms with Gasteiger partial charge >= 0.3 is 0 Å². The summed E-state index contributed by atoms with van der Waals surface area (Å²) in [6.07, 6.45) is 1.61. The third kappa shape index (κ3) is 1.52. The number of pyridine rings is 1. The predicted molar refractivity (Wildman–Crippen MR) is 61.4 cm³/mol. The van der Waals surface area contributed by atoms with E-state index < -0.39 is 0 Å². The zero-order valence-corrected chi connectivity index (χ0v) is 8.78. The molecule has 3 rings (SSSR count). The van der Waals surface area contributed by atoms with Crippen LogP contribution in [0.3, 0.4) is 0 Å². The van der Waals surface area contributed by atoms with Gasteiger partial charge in [0.2, 0.25) is 0 Å². The van der Waals surface area contributed by atoms with Gasteiger partial charge in [-0.05, 0) is 24.3 Å². The minimum absolute atomic E-state index is 0.387. The third-order valence-electron chi connectivity index (χ3n) is 2.46. The van der Waals surface area contributed by atoms with E-state index in [1.54, 1.807) is 23.0 Å². The van der Waals surface area contributed by atoms with E-state index in [1.165, 1.54) is 0 Å². The van der Waals surface area contributed by atoms with Crippen molar-refractivity contribution < 1.29 is 0 Å². The van der Waals surface area contributed by atoms with Crippen LogP contribution in [0.1, 0.15) is 5.69 Å². The minimum atomic E-state index is 0.387. The molecule has 5 heteroatoms. The Kier molecular flexibility index (Phi) is 2.06. The lowest BCUT2D eigenvalue weighted by Crippen LogP contribution is -1.97. The van der Waals surface area contributed by atoms with Crippen LogP contribution in [0, 0.1) is 11.3 Å². The summed E-state index contributed by atoms with van der Waals surface area (Å²) >= 11 is 0. The Hall–Kier alpha value is -2.74. The van der Waals surface area contributed by atoms with Crippen LogP contribution >= 0.6 is 0 Å². The average molecular weight is 221 g/mol. The first-order valence-electron chi connectivity index (χ1n) is 5.05. The minimum Gasteiger partial charge on any atom is -0.243 e. The van der Waals surface area contributed by atoms with Crippen molar-refractivity contribution >= 4 is 11.0 Å². The molecule has 2 aromatic heterocycles. The number of hydrogen-bond acceptors (Lipinski definition) is 4. The van der Waals surface area contributed by atoms with Crippen molar-refractivity contribution in [1.29, 1.82) is 5.26 Å². The van der Waals surface area contributed by atoms with E-state index >= 15 is 0 Å². The van der Waals surface area contributed by atoms with Crippen LogP contribution in [-0.4, -0.2) is 20.0 Å². The quantitative estimate of drug-likeness (QED) is 0.627. The molecular weight excluding hydrogens is 214 g/mol. The van der Waals surface area contributed by atoms with E-state index in [2.05, 4.69) is 15.3 Å². The molecule has 0 bridgehead atoms. The van der Waals surface area contributed by atoms with Gasteiger partial charge in [-0.25, -0.2) is 9.67 Å². The zero-order chi connectivity index (χ0) is 11.7. The molecule has 17 heavy (non-hydrogen) atoms. The Labute approximate surface area is 96.9 Å². The Bertz CT molecular complexity index is 706. The highest BCUT2D eigenvalue weighted by Crippen LogP contribution is 2.14. The molecule has 0 unspecified atom stereocenters. The topological polar surface area (TPSA) is 67.4 Å². The summed E-state index contributed by atoms with van der Waals surface area (Å²) in [7, 11) is 0. The Morgan fingerprint density at radius 1 is 1.12 bits per heavy atom. The Morgan fingerprint density at radius 2 is 2.00 bits per heavy atom. The maximum absolute atomic E-state index is 8.68. The molecular formula is C12H7N5. The molecule has 0 atom stereocenters. The molecule has 0 N–H and O–H groups in total. The number of hydrogen-bond donors (Lipinski definition) is 0. The first-order valence-corrected chi connectivity index (χ1v) is 5.05. The van der Waals surface area contributed by atoms with Crippen LogP contribution < -0.4 is 0 Å². The molecule has 0 aliphatic heterocycles. The lowest BCUT2D eigenvalue weighted by Gasteiger charge is -2.00. The summed E-state index contributed by atoms with van der Waals surface area (Å²) in [4.78, 5) is 4.01. The Balaban J connectivity index is 2.17. The van der Waals surface area contributed by atoms with E-state index in [9.17, 15) is 0 Å². The molecule has 0 amide bonds. The van der Waals surface area contributed by atoms with Gasteiger partial charge in [0.15, 0.2) is 0 Å². The summed E-state index contributed by atoms with van der Waals surface area (Å²) < 4.78 is 1.70. The van der Waals surface area contributed by atoms with Gasteiger partial charge in [0.05, 0.1) is 17.4 Å². The van der Waals surface area contributed by atoms with Gasteiger partial charge in [-0.1, -0.05) is 17.3 Å². The van der Waals surface area contributed by atoms with Gasteiger partial charge in [0, 0.05) is 0 Å². The number of benzene rings is 1. The Morgan fingerprint density at radius 3 is 2.76 bits per heavy atom. The van der Waals surface area contributed by atoms with Gasteiger partial charge in [-0.15, -0.1) is 5.10 Å². The SMILES string of the molecule is N#Cc1ccc(-n2nnc3ccccc32)cn1. The van der Waals surface area contributed by atoms with Crippen molar-refractivity contribution in [3.63, 3.8) is 0 Å². The van der Waals surface area contributed by atoms with Crippen molar-refractivity contribution in [3.8, 4) is 11.8 Å². The largest absolute Gasteiger partial charge is 0.243 e. The maximum Gasteiger partial charge on any atom is 0.140 e. The van der Waals surface area contributed by atoms with Gasteiger partial charge in [0.25, 0.3) is 0 Å². The van der Waals surface area contributed by atoms with Gasteiger partial charge in [-0.3, -0.25) is 0 Å². The molecule has 0 saturated carbocycles. The summed E-state index contributed by atoms with van der Waals surface area (Å²) in [6.45, 7) is 0. The van der Waals surface area contributed by atoms with Crippen LogP contribution in [0.4, 0.5) is 0 Å². The first kappa shape index (κ1) is 9.48. The van der Waals surface area contributed by atoms with Gasteiger partial charge in [-0.2, -0.15) is 5.26 Å². The molecule has 0 fully saturated rings. The van der Waals surface area contributed by atoms with E-state index in [0.717, 1.165) is 16.7 Å². The highest BCUT2D eigenvalue weighted by atomic mass is 15.4. The van der Waals surface area contributed by atoms with Crippen LogP contribution in [0.25, 0.3) is 16.7 Å². The standard InChI is InChI=1S/C12H7N5/c13-7-9-5-6-10(8-14-9)17-12-4-2-1-3-11(12)15-16-17/h1-6,8H. The molecule has 80 valence electrons. The molecule has 0 aliphatic carbocycles. The normalized spacial score (nSPS) is 10.3. The molecule has 0 radical (unpaired) electrons. The van der Waals surface area contributed by atoms with E-state index in [1.807, 2.05) is 30.3 Å². The highest BCUT2D eigenvalue weighted by molar-refractivity contribution is 5.75. The molecule has 0 aliphatic rings. The van der Waals surface area contributed by atoms with Crippen LogP contribution in [0.5, 0.6) is 0 Å². The van der Waals surface area contributed by atoms with Crippen molar-refractivity contribution in [2.45, 2.75) is 0 Å². The second kappa shape index (κ2) is 3.68. The van der Waals surface area contributed by atoms with Gasteiger partial charge in [0.1, 0.15) is 17.3 Å². The predicted octanol–water partition coefficient (Wildman–Crippen LogP) is 1.69. The van der Waals surface area contributed by atoms with E-state index in [-0.39, 0.29) is 0 Å². The second-order valence-corrected chi connectivity index (χ2v) is 3.50. The fraction of sp³-hybridized carbons (Fsp3) is 0. The van der Waals surface area contributed by atoms with Crippen LogP contribution in [0.15, 0.2) is 42.6 Å². The van der Waals surface area contributed by atoms with Crippen molar-refractivity contribution in [3.05, 3.63) is 48.3 Å². The summed E-state index contributed by atoms with van der Waals surface area (Å²) in [5.74, 6) is 0. The second-order valence-electron chi connectivity index (χ2n) is 3.50. The fourth-order valence-corrected chi connectivity index (χ4v) is 1.64.